The van der Waals surface area contributed by atoms with E-state index in [0.717, 1.165) is 6.92 Å². The van der Waals surface area contributed by atoms with E-state index < -0.39 is 20.1 Å². The average Bonchev–Trinajstić information content (AvgIpc) is 1.64. The Morgan fingerprint density at radius 2 is 1.67 bits per heavy atom. The van der Waals surface area contributed by atoms with E-state index in [9.17, 15) is 13.2 Å². The number of rotatable bonds is 1. The van der Waals surface area contributed by atoms with E-state index in [1.807, 2.05) is 0 Å². The van der Waals surface area contributed by atoms with Gasteiger partial charge in [0, 0.05) is 0 Å². The molecule has 56 valence electrons. The van der Waals surface area contributed by atoms with E-state index in [1.165, 1.54) is 6.66 Å². The molecule has 0 aliphatic carbocycles. The number of hydrogen-bond acceptors (Lipinski definition) is 1. The van der Waals surface area contributed by atoms with Crippen LogP contribution in [0.4, 0.5) is 13.2 Å². The van der Waals surface area contributed by atoms with Crippen molar-refractivity contribution < 1.29 is 18.3 Å². The van der Waals surface area contributed by atoms with Crippen molar-refractivity contribution in [3.8, 4) is 0 Å². The van der Waals surface area contributed by atoms with Crippen molar-refractivity contribution in [2.24, 2.45) is 0 Å². The lowest BCUT2D eigenvalue weighted by atomic mass is 10.4. The largest absolute Gasteiger partial charge is 0.420 e. The van der Waals surface area contributed by atoms with Gasteiger partial charge in [-0.05, 0) is 13.6 Å². The predicted octanol–water partition coefficient (Wildman–Crippen LogP) is 1.57. The Kier molecular flexibility index (Phi) is 2.48. The third-order valence-electron chi connectivity index (χ3n) is 1.04. The molecule has 0 aromatic carbocycles. The van der Waals surface area contributed by atoms with Crippen molar-refractivity contribution in [3.05, 3.63) is 0 Å². The molecule has 2 unspecified atom stereocenters. The number of halogens is 3. The highest BCUT2D eigenvalue weighted by molar-refractivity contribution is 7.38. The van der Waals surface area contributed by atoms with Crippen molar-refractivity contribution in [1.82, 2.24) is 0 Å². The lowest BCUT2D eigenvalue weighted by Gasteiger charge is -2.23. The summed E-state index contributed by atoms with van der Waals surface area (Å²) in [7, 11) is -0.534. The maximum Gasteiger partial charge on any atom is 0.420 e. The molecule has 1 N–H and O–H groups in total. The summed E-state index contributed by atoms with van der Waals surface area (Å²) in [6.45, 7) is 2.08. The van der Waals surface area contributed by atoms with Gasteiger partial charge in [0.2, 0.25) is 0 Å². The van der Waals surface area contributed by atoms with Gasteiger partial charge >= 0.3 is 6.18 Å². The first-order valence-electron chi connectivity index (χ1n) is 2.29. The zero-order valence-electron chi connectivity index (χ0n) is 5.08. The zero-order chi connectivity index (χ0) is 7.71. The Labute approximate surface area is 53.0 Å². The van der Waals surface area contributed by atoms with Gasteiger partial charge in [-0.2, -0.15) is 13.2 Å². The quantitative estimate of drug-likeness (QED) is 0.577. The van der Waals surface area contributed by atoms with Crippen LogP contribution in [0, 0.1) is 0 Å². The summed E-state index contributed by atoms with van der Waals surface area (Å²) in [5.74, 6) is 0. The summed E-state index contributed by atoms with van der Waals surface area (Å²) in [6, 6.07) is 0. The molecule has 9 heavy (non-hydrogen) atoms. The Hall–Kier alpha value is 0.180. The SMILES string of the molecule is CPC(C)(O)C(F)(F)F. The minimum atomic E-state index is -4.49. The Morgan fingerprint density at radius 1 is 1.33 bits per heavy atom. The molecule has 0 fully saturated rings. The molecule has 0 amide bonds. The highest BCUT2D eigenvalue weighted by atomic mass is 31.1. The summed E-state index contributed by atoms with van der Waals surface area (Å²) in [6.07, 6.45) is -4.49. The van der Waals surface area contributed by atoms with Crippen LogP contribution in [0.15, 0.2) is 0 Å². The topological polar surface area (TPSA) is 20.2 Å². The van der Waals surface area contributed by atoms with Gasteiger partial charge in [-0.1, -0.05) is 8.58 Å². The summed E-state index contributed by atoms with van der Waals surface area (Å²) in [4.78, 5) is 0. The normalized spacial score (nSPS) is 20.7. The van der Waals surface area contributed by atoms with Crippen molar-refractivity contribution >= 4 is 8.58 Å². The molecule has 1 nitrogen and oxygen atoms in total. The fourth-order valence-corrected chi connectivity index (χ4v) is 0.425. The molecule has 0 aromatic rings. The summed E-state index contributed by atoms with van der Waals surface area (Å²) >= 11 is 0. The van der Waals surface area contributed by atoms with Crippen molar-refractivity contribution in [3.63, 3.8) is 0 Å². The second kappa shape index (κ2) is 2.43. The second-order valence-electron chi connectivity index (χ2n) is 1.82. The van der Waals surface area contributed by atoms with Gasteiger partial charge in [0.25, 0.3) is 0 Å². The van der Waals surface area contributed by atoms with Crippen LogP contribution in [0.1, 0.15) is 6.92 Å². The van der Waals surface area contributed by atoms with Gasteiger partial charge < -0.3 is 5.11 Å². The molecule has 0 bridgehead atoms. The van der Waals surface area contributed by atoms with Gasteiger partial charge in [0.15, 0.2) is 5.34 Å². The van der Waals surface area contributed by atoms with E-state index in [0.29, 0.717) is 0 Å². The molecule has 5 heteroatoms. The minimum absolute atomic E-state index is 0.534. The Bertz CT molecular complexity index is 98.5. The molecular formula is C4H8F3OP. The molecule has 0 aliphatic heterocycles. The molecular weight excluding hydrogens is 152 g/mol. The van der Waals surface area contributed by atoms with E-state index >= 15 is 0 Å². The summed E-state index contributed by atoms with van der Waals surface area (Å²) < 4.78 is 34.8. The van der Waals surface area contributed by atoms with Gasteiger partial charge in [0.05, 0.1) is 0 Å². The van der Waals surface area contributed by atoms with Gasteiger partial charge in [-0.3, -0.25) is 0 Å². The summed E-state index contributed by atoms with van der Waals surface area (Å²) in [5.41, 5.74) is 0. The van der Waals surface area contributed by atoms with E-state index in [2.05, 4.69) is 0 Å². The molecule has 2 atom stereocenters. The average molecular weight is 160 g/mol. The second-order valence-corrected chi connectivity index (χ2v) is 3.29. The van der Waals surface area contributed by atoms with Crippen molar-refractivity contribution in [2.45, 2.75) is 18.4 Å². The third kappa shape index (κ3) is 2.11. The Morgan fingerprint density at radius 3 is 1.67 bits per heavy atom. The fourth-order valence-electron chi connectivity index (χ4n) is 0.142. The van der Waals surface area contributed by atoms with Crippen LogP contribution in [0.2, 0.25) is 0 Å². The standard InChI is InChI=1S/C4H8F3OP/c1-3(8,9-2)4(5,6)7/h8-9H,1-2H3. The highest BCUT2D eigenvalue weighted by Gasteiger charge is 2.48. The molecule has 0 heterocycles. The van der Waals surface area contributed by atoms with E-state index in [4.69, 9.17) is 5.11 Å². The van der Waals surface area contributed by atoms with Crippen LogP contribution in [-0.4, -0.2) is 23.3 Å². The first kappa shape index (κ1) is 9.18. The molecule has 0 aliphatic rings. The highest BCUT2D eigenvalue weighted by Crippen LogP contribution is 2.40. The predicted molar refractivity (Wildman–Crippen MR) is 30.9 cm³/mol. The number of aliphatic hydroxyl groups is 1. The lowest BCUT2D eigenvalue weighted by Crippen LogP contribution is -2.37. The van der Waals surface area contributed by atoms with Crippen LogP contribution >= 0.6 is 8.58 Å². The molecule has 0 saturated heterocycles. The zero-order valence-corrected chi connectivity index (χ0v) is 6.08. The van der Waals surface area contributed by atoms with E-state index in [1.54, 1.807) is 0 Å². The number of hydrogen-bond donors (Lipinski definition) is 1. The van der Waals surface area contributed by atoms with Crippen LogP contribution in [0.3, 0.4) is 0 Å². The number of alkyl halides is 3. The maximum absolute atomic E-state index is 11.6. The lowest BCUT2D eigenvalue weighted by molar-refractivity contribution is -0.214. The molecule has 0 rings (SSSR count). The van der Waals surface area contributed by atoms with Gasteiger partial charge in [0.1, 0.15) is 0 Å². The smallest absolute Gasteiger partial charge is 0.377 e. The molecule has 0 aromatic heterocycles. The van der Waals surface area contributed by atoms with Crippen LogP contribution in [-0.2, 0) is 0 Å². The van der Waals surface area contributed by atoms with Crippen LogP contribution in [0.5, 0.6) is 0 Å². The van der Waals surface area contributed by atoms with Crippen molar-refractivity contribution in [2.75, 3.05) is 6.66 Å². The maximum atomic E-state index is 11.6. The van der Waals surface area contributed by atoms with E-state index in [-0.39, 0.29) is 0 Å². The monoisotopic (exact) mass is 160 g/mol. The van der Waals surface area contributed by atoms with Gasteiger partial charge in [-0.25, -0.2) is 0 Å². The van der Waals surface area contributed by atoms with Crippen LogP contribution < -0.4 is 0 Å². The molecule has 0 saturated carbocycles. The summed E-state index contributed by atoms with van der Waals surface area (Å²) in [5, 5.41) is 6.05. The third-order valence-corrected chi connectivity index (χ3v) is 2.30. The van der Waals surface area contributed by atoms with Gasteiger partial charge in [-0.15, -0.1) is 0 Å². The molecule has 0 spiro atoms. The van der Waals surface area contributed by atoms with Crippen LogP contribution in [0.25, 0.3) is 0 Å². The van der Waals surface area contributed by atoms with Crippen molar-refractivity contribution in [1.29, 1.82) is 0 Å². The first-order valence-corrected chi connectivity index (χ1v) is 3.79. The molecule has 0 radical (unpaired) electrons. The minimum Gasteiger partial charge on any atom is -0.377 e. The Balaban J connectivity index is 4.14. The fraction of sp³-hybridized carbons (Fsp3) is 1.00. The first-order chi connectivity index (χ1) is 3.81.